The molecule has 0 amide bonds. The molecule has 3 rings (SSSR count). The Bertz CT molecular complexity index is 962. The average Bonchev–Trinajstić information content (AvgIpc) is 2.71. The number of hydrogen-bond acceptors (Lipinski definition) is 3. The van der Waals surface area contributed by atoms with Crippen LogP contribution in [0.4, 0.5) is 5.69 Å². The molecule has 0 aliphatic carbocycles. The lowest BCUT2D eigenvalue weighted by Gasteiger charge is -2.10. The summed E-state index contributed by atoms with van der Waals surface area (Å²) in [6.07, 6.45) is 3.21. The summed E-state index contributed by atoms with van der Waals surface area (Å²) in [5.74, 6) is -3.65. The van der Waals surface area contributed by atoms with Gasteiger partial charge in [-0.15, -0.1) is 0 Å². The summed E-state index contributed by atoms with van der Waals surface area (Å²) in [6, 6.07) is 20.3. The van der Waals surface area contributed by atoms with Crippen molar-refractivity contribution >= 4 is 51.6 Å². The summed E-state index contributed by atoms with van der Waals surface area (Å²) in [4.78, 5) is 18.2. The number of carboxylic acids is 2. The molecular weight excluding hydrogens is 413 g/mol. The number of carboxylic acid groups (broad SMARTS) is 2. The smallest absolute Gasteiger partial charge is 0.414 e. The topological polar surface area (TPSA) is 86.6 Å². The van der Waals surface area contributed by atoms with Gasteiger partial charge in [-0.05, 0) is 65.9 Å². The Morgan fingerprint density at radius 1 is 0.828 bits per heavy atom. The van der Waals surface area contributed by atoms with E-state index in [0.29, 0.717) is 0 Å². The number of rotatable bonds is 6. The molecule has 0 saturated carbocycles. The largest absolute Gasteiger partial charge is 0.473 e. The highest BCUT2D eigenvalue weighted by Crippen LogP contribution is 2.27. The van der Waals surface area contributed by atoms with Gasteiger partial charge in [0.2, 0.25) is 0 Å². The molecular formula is C22H21Cl2NO4. The van der Waals surface area contributed by atoms with Crippen LogP contribution in [0.15, 0.2) is 60.7 Å². The van der Waals surface area contributed by atoms with Crippen LogP contribution in [-0.4, -0.2) is 28.7 Å². The molecule has 0 spiro atoms. The van der Waals surface area contributed by atoms with E-state index < -0.39 is 11.9 Å². The Labute approximate surface area is 178 Å². The van der Waals surface area contributed by atoms with E-state index in [1.54, 1.807) is 0 Å². The van der Waals surface area contributed by atoms with Crippen LogP contribution in [-0.2, 0) is 16.0 Å². The Morgan fingerprint density at radius 2 is 1.48 bits per heavy atom. The fourth-order valence-corrected chi connectivity index (χ4v) is 3.18. The average molecular weight is 434 g/mol. The van der Waals surface area contributed by atoms with Crippen molar-refractivity contribution in [1.82, 2.24) is 0 Å². The van der Waals surface area contributed by atoms with Crippen LogP contribution < -0.4 is 5.32 Å². The number of halogens is 2. The van der Waals surface area contributed by atoms with Gasteiger partial charge in [0.1, 0.15) is 0 Å². The highest BCUT2D eigenvalue weighted by Gasteiger charge is 2.06. The van der Waals surface area contributed by atoms with Gasteiger partial charge >= 0.3 is 11.9 Å². The number of anilines is 1. The first-order valence-corrected chi connectivity index (χ1v) is 9.76. The number of carbonyl (C=O) groups is 2. The third kappa shape index (κ3) is 7.29. The maximum Gasteiger partial charge on any atom is 0.414 e. The van der Waals surface area contributed by atoms with Crippen LogP contribution >= 0.6 is 23.2 Å². The molecule has 29 heavy (non-hydrogen) atoms. The Balaban J connectivity index is 0.000000438. The molecule has 3 aromatic carbocycles. The lowest BCUT2D eigenvalue weighted by Crippen LogP contribution is -2.09. The van der Waals surface area contributed by atoms with Crippen molar-refractivity contribution in [2.45, 2.75) is 19.3 Å². The number of benzene rings is 3. The molecule has 0 fully saturated rings. The van der Waals surface area contributed by atoms with Crippen molar-refractivity contribution in [2.24, 2.45) is 0 Å². The quantitative estimate of drug-likeness (QED) is 0.340. The lowest BCUT2D eigenvalue weighted by atomic mass is 10.00. The van der Waals surface area contributed by atoms with Gasteiger partial charge in [-0.3, -0.25) is 0 Å². The molecule has 0 unspecified atom stereocenters. The standard InChI is InChI=1S/C20H19Cl2N.C2H2O4/c21-16-9-11-17(12-10-16)23-14-4-3-7-19-18-6-2-1-5-15(18)8-13-20(19)22;3-1(4)2(5)6/h1-2,5-6,8-13,23H,3-4,7,14H2;(H,3,4)(H,5,6). The van der Waals surface area contributed by atoms with Crippen LogP contribution in [0, 0.1) is 0 Å². The number of unbranched alkanes of at least 4 members (excludes halogenated alkanes) is 1. The zero-order chi connectivity index (χ0) is 21.2. The highest BCUT2D eigenvalue weighted by molar-refractivity contribution is 6.32. The first-order valence-electron chi connectivity index (χ1n) is 9.00. The van der Waals surface area contributed by atoms with E-state index in [2.05, 4.69) is 35.6 Å². The first-order chi connectivity index (χ1) is 13.9. The van der Waals surface area contributed by atoms with Gasteiger partial charge in [0.25, 0.3) is 0 Å². The minimum Gasteiger partial charge on any atom is -0.473 e. The minimum absolute atomic E-state index is 0.765. The molecule has 0 aliphatic heterocycles. The summed E-state index contributed by atoms with van der Waals surface area (Å²) in [5, 5.41) is 22.4. The van der Waals surface area contributed by atoms with E-state index >= 15 is 0 Å². The fourth-order valence-electron chi connectivity index (χ4n) is 2.79. The Morgan fingerprint density at radius 3 is 2.14 bits per heavy atom. The predicted molar refractivity (Wildman–Crippen MR) is 117 cm³/mol. The van der Waals surface area contributed by atoms with Gasteiger partial charge in [-0.25, -0.2) is 9.59 Å². The zero-order valence-corrected chi connectivity index (χ0v) is 17.1. The van der Waals surface area contributed by atoms with Crippen molar-refractivity contribution in [3.63, 3.8) is 0 Å². The van der Waals surface area contributed by atoms with E-state index in [0.717, 1.165) is 41.5 Å². The van der Waals surface area contributed by atoms with E-state index in [-0.39, 0.29) is 0 Å². The van der Waals surface area contributed by atoms with Gasteiger partial charge in [0.15, 0.2) is 0 Å². The summed E-state index contributed by atoms with van der Waals surface area (Å²) in [5.41, 5.74) is 2.37. The van der Waals surface area contributed by atoms with Gasteiger partial charge in [-0.2, -0.15) is 0 Å². The summed E-state index contributed by atoms with van der Waals surface area (Å²) in [6.45, 7) is 0.948. The van der Waals surface area contributed by atoms with E-state index in [4.69, 9.17) is 43.0 Å². The molecule has 0 saturated heterocycles. The number of nitrogens with one attached hydrogen (secondary N) is 1. The van der Waals surface area contributed by atoms with Crippen LogP contribution in [0.5, 0.6) is 0 Å². The third-order valence-corrected chi connectivity index (χ3v) is 4.80. The number of hydrogen-bond donors (Lipinski definition) is 3. The summed E-state index contributed by atoms with van der Waals surface area (Å²) in [7, 11) is 0. The van der Waals surface area contributed by atoms with Crippen molar-refractivity contribution in [3.8, 4) is 0 Å². The maximum atomic E-state index is 9.10. The molecule has 5 nitrogen and oxygen atoms in total. The van der Waals surface area contributed by atoms with Crippen LogP contribution in [0.1, 0.15) is 18.4 Å². The fraction of sp³-hybridized carbons (Fsp3) is 0.182. The maximum absolute atomic E-state index is 9.10. The molecule has 152 valence electrons. The molecule has 0 aromatic heterocycles. The van der Waals surface area contributed by atoms with Crippen molar-refractivity contribution in [3.05, 3.63) is 76.3 Å². The second-order valence-corrected chi connectivity index (χ2v) is 7.09. The van der Waals surface area contributed by atoms with Crippen molar-refractivity contribution in [1.29, 1.82) is 0 Å². The van der Waals surface area contributed by atoms with Crippen LogP contribution in [0.2, 0.25) is 10.0 Å². The highest BCUT2D eigenvalue weighted by atomic mass is 35.5. The number of aryl methyl sites for hydroxylation is 1. The minimum atomic E-state index is -1.82. The predicted octanol–water partition coefficient (Wildman–Crippen LogP) is 5.74. The third-order valence-electron chi connectivity index (χ3n) is 4.19. The van der Waals surface area contributed by atoms with Crippen molar-refractivity contribution in [2.75, 3.05) is 11.9 Å². The van der Waals surface area contributed by atoms with Gasteiger partial charge < -0.3 is 15.5 Å². The molecule has 7 heteroatoms. The second-order valence-electron chi connectivity index (χ2n) is 6.25. The normalized spacial score (nSPS) is 10.1. The van der Waals surface area contributed by atoms with E-state index in [9.17, 15) is 0 Å². The SMILES string of the molecule is Clc1ccc(NCCCCc2c(Cl)ccc3ccccc23)cc1.O=C(O)C(=O)O. The molecule has 0 aliphatic rings. The van der Waals surface area contributed by atoms with Gasteiger partial charge in [-0.1, -0.05) is 53.5 Å². The Kier molecular flexibility index (Phi) is 8.77. The monoisotopic (exact) mass is 433 g/mol. The first kappa shape index (κ1) is 22.5. The van der Waals surface area contributed by atoms with Gasteiger partial charge in [0.05, 0.1) is 0 Å². The molecule has 0 bridgehead atoms. The number of aliphatic carboxylic acids is 2. The molecule has 3 N–H and O–H groups in total. The second kappa shape index (κ2) is 11.3. The summed E-state index contributed by atoms with van der Waals surface area (Å²) < 4.78 is 0. The van der Waals surface area contributed by atoms with Crippen molar-refractivity contribution < 1.29 is 19.8 Å². The molecule has 0 heterocycles. The van der Waals surface area contributed by atoms with E-state index in [1.165, 1.54) is 16.3 Å². The molecule has 0 atom stereocenters. The molecule has 3 aromatic rings. The van der Waals surface area contributed by atoms with E-state index in [1.807, 2.05) is 30.3 Å². The molecule has 0 radical (unpaired) electrons. The lowest BCUT2D eigenvalue weighted by molar-refractivity contribution is -0.159. The van der Waals surface area contributed by atoms with Crippen LogP contribution in [0.3, 0.4) is 0 Å². The van der Waals surface area contributed by atoms with Crippen LogP contribution in [0.25, 0.3) is 10.8 Å². The van der Waals surface area contributed by atoms with Gasteiger partial charge in [0, 0.05) is 22.3 Å². The zero-order valence-electron chi connectivity index (χ0n) is 15.6. The summed E-state index contributed by atoms with van der Waals surface area (Å²) >= 11 is 12.3. The number of fused-ring (bicyclic) bond motifs is 1. The Hall–Kier alpha value is -2.76.